The van der Waals surface area contributed by atoms with Gasteiger partial charge in [-0.05, 0) is 36.8 Å². The van der Waals surface area contributed by atoms with Crippen molar-refractivity contribution in [1.29, 1.82) is 0 Å². The lowest BCUT2D eigenvalue weighted by Crippen LogP contribution is -2.24. The van der Waals surface area contributed by atoms with Crippen LogP contribution in [0.3, 0.4) is 0 Å². The molecular weight excluding hydrogens is 363 g/mol. The number of carbonyl (C=O) groups excluding carboxylic acids is 2. The second-order valence-electron chi connectivity index (χ2n) is 6.39. The van der Waals surface area contributed by atoms with Gasteiger partial charge < -0.3 is 10.6 Å². The van der Waals surface area contributed by atoms with Crippen molar-refractivity contribution in [2.75, 3.05) is 10.6 Å². The van der Waals surface area contributed by atoms with E-state index in [9.17, 15) is 18.8 Å². The first-order chi connectivity index (χ1) is 13.3. The lowest BCUT2D eigenvalue weighted by molar-refractivity contribution is -0.116. The number of para-hydroxylation sites is 1. The summed E-state index contributed by atoms with van der Waals surface area (Å²) >= 11 is 0. The Morgan fingerprint density at radius 2 is 1.96 bits per heavy atom. The molecule has 7 nitrogen and oxygen atoms in total. The van der Waals surface area contributed by atoms with E-state index < -0.39 is 11.7 Å². The summed E-state index contributed by atoms with van der Waals surface area (Å²) < 4.78 is 15.0. The highest BCUT2D eigenvalue weighted by molar-refractivity contribution is 5.93. The second kappa shape index (κ2) is 7.99. The van der Waals surface area contributed by atoms with Crippen LogP contribution in [-0.2, 0) is 16.1 Å². The average molecular weight is 382 g/mol. The van der Waals surface area contributed by atoms with Gasteiger partial charge in [0.1, 0.15) is 5.82 Å². The van der Waals surface area contributed by atoms with Crippen LogP contribution in [0.5, 0.6) is 0 Å². The fourth-order valence-electron chi connectivity index (χ4n) is 2.83. The molecule has 8 heteroatoms. The van der Waals surface area contributed by atoms with Crippen LogP contribution in [0.25, 0.3) is 10.9 Å². The molecule has 0 spiro atoms. The molecule has 2 N–H and O–H groups in total. The quantitative estimate of drug-likeness (QED) is 0.710. The van der Waals surface area contributed by atoms with Crippen LogP contribution in [0.2, 0.25) is 0 Å². The highest BCUT2D eigenvalue weighted by Gasteiger charge is 2.10. The van der Waals surface area contributed by atoms with Crippen molar-refractivity contribution in [3.05, 3.63) is 64.5 Å². The van der Waals surface area contributed by atoms with Crippen molar-refractivity contribution >= 4 is 34.1 Å². The summed E-state index contributed by atoms with van der Waals surface area (Å²) in [4.78, 5) is 40.2. The van der Waals surface area contributed by atoms with E-state index in [1.807, 2.05) is 13.0 Å². The maximum atomic E-state index is 13.7. The largest absolute Gasteiger partial charge is 0.326 e. The molecule has 0 aliphatic heterocycles. The van der Waals surface area contributed by atoms with Gasteiger partial charge in [-0.1, -0.05) is 12.1 Å². The number of benzene rings is 2. The molecule has 0 aliphatic rings. The van der Waals surface area contributed by atoms with Gasteiger partial charge in [0.15, 0.2) is 0 Å². The van der Waals surface area contributed by atoms with Crippen LogP contribution in [-0.4, -0.2) is 21.4 Å². The first kappa shape index (κ1) is 19.2. The molecule has 2 amide bonds. The Hall–Kier alpha value is -3.55. The lowest BCUT2D eigenvalue weighted by atomic mass is 10.1. The predicted octanol–water partition coefficient (Wildman–Crippen LogP) is 2.83. The molecule has 0 bridgehead atoms. The third-order valence-electron chi connectivity index (χ3n) is 4.20. The zero-order valence-corrected chi connectivity index (χ0v) is 15.5. The molecule has 1 heterocycles. The Labute approximate surface area is 160 Å². The van der Waals surface area contributed by atoms with Crippen molar-refractivity contribution in [3.8, 4) is 0 Å². The summed E-state index contributed by atoms with van der Waals surface area (Å²) in [5.74, 6) is -1.37. The van der Waals surface area contributed by atoms with Gasteiger partial charge in [0.2, 0.25) is 11.8 Å². The number of aryl methyl sites for hydroxylation is 2. The highest BCUT2D eigenvalue weighted by Crippen LogP contribution is 2.20. The van der Waals surface area contributed by atoms with Crippen molar-refractivity contribution < 1.29 is 14.0 Å². The summed E-state index contributed by atoms with van der Waals surface area (Å²) in [6.45, 7) is 3.30. The Balaban J connectivity index is 1.70. The maximum Gasteiger partial charge on any atom is 0.261 e. The molecule has 1 aromatic heterocycles. The minimum Gasteiger partial charge on any atom is -0.326 e. The maximum absolute atomic E-state index is 13.7. The molecule has 0 saturated carbocycles. The fraction of sp³-hybridized carbons (Fsp3) is 0.200. The molecular formula is C20H19FN4O3. The minimum atomic E-state index is -0.600. The Morgan fingerprint density at radius 3 is 2.71 bits per heavy atom. The summed E-state index contributed by atoms with van der Waals surface area (Å²) in [5, 5.41) is 5.48. The van der Waals surface area contributed by atoms with Crippen LogP contribution in [0.1, 0.15) is 18.9 Å². The van der Waals surface area contributed by atoms with Gasteiger partial charge in [0, 0.05) is 25.6 Å². The number of carbonyl (C=O) groups is 2. The molecule has 3 aromatic rings. The highest BCUT2D eigenvalue weighted by atomic mass is 19.1. The molecule has 3 rings (SSSR count). The van der Waals surface area contributed by atoms with Gasteiger partial charge in [-0.2, -0.15) is 0 Å². The normalized spacial score (nSPS) is 10.7. The van der Waals surface area contributed by atoms with Gasteiger partial charge in [0.25, 0.3) is 5.56 Å². The lowest BCUT2D eigenvalue weighted by Gasteiger charge is -2.10. The monoisotopic (exact) mass is 382 g/mol. The van der Waals surface area contributed by atoms with E-state index in [0.29, 0.717) is 16.6 Å². The van der Waals surface area contributed by atoms with E-state index in [0.717, 1.165) is 11.6 Å². The second-order valence-corrected chi connectivity index (χ2v) is 6.39. The van der Waals surface area contributed by atoms with E-state index >= 15 is 0 Å². The van der Waals surface area contributed by atoms with Gasteiger partial charge in [0.05, 0.1) is 22.9 Å². The Bertz CT molecular complexity index is 1120. The van der Waals surface area contributed by atoms with Gasteiger partial charge in [-0.25, -0.2) is 9.37 Å². The van der Waals surface area contributed by atoms with Gasteiger partial charge in [-0.15, -0.1) is 0 Å². The van der Waals surface area contributed by atoms with Crippen LogP contribution >= 0.6 is 0 Å². The average Bonchev–Trinajstić information content (AvgIpc) is 2.64. The molecule has 0 radical (unpaired) electrons. The van der Waals surface area contributed by atoms with Crippen LogP contribution in [0.4, 0.5) is 15.8 Å². The summed E-state index contributed by atoms with van der Waals surface area (Å²) in [6, 6.07) is 9.26. The first-order valence-electron chi connectivity index (χ1n) is 8.67. The van der Waals surface area contributed by atoms with Gasteiger partial charge >= 0.3 is 0 Å². The fourth-order valence-corrected chi connectivity index (χ4v) is 2.83. The molecule has 28 heavy (non-hydrogen) atoms. The number of hydrogen-bond donors (Lipinski definition) is 2. The number of aromatic nitrogens is 2. The summed E-state index contributed by atoms with van der Waals surface area (Å²) in [6.07, 6.45) is 1.46. The third-order valence-corrected chi connectivity index (χ3v) is 4.20. The van der Waals surface area contributed by atoms with Crippen LogP contribution in [0.15, 0.2) is 47.5 Å². The standard InChI is InChI=1S/C20H19FN4O3/c1-12-4-3-5-15-19(12)22-11-25(20(15)28)9-8-18(27)24-14-6-7-16(21)17(10-14)23-13(2)26/h3-7,10-11H,8-9H2,1-2H3,(H,23,26)(H,24,27). The zero-order valence-electron chi connectivity index (χ0n) is 15.5. The van der Waals surface area contributed by atoms with E-state index in [2.05, 4.69) is 15.6 Å². The Kier molecular flexibility index (Phi) is 5.49. The minimum absolute atomic E-state index is 0.0179. The van der Waals surface area contributed by atoms with Crippen molar-refractivity contribution in [1.82, 2.24) is 9.55 Å². The van der Waals surface area contributed by atoms with Crippen LogP contribution < -0.4 is 16.2 Å². The molecule has 0 fully saturated rings. The van der Waals surface area contributed by atoms with Crippen molar-refractivity contribution in [2.24, 2.45) is 0 Å². The number of anilines is 2. The summed E-state index contributed by atoms with van der Waals surface area (Å²) in [5.41, 5.74) is 1.66. The molecule has 144 valence electrons. The van der Waals surface area contributed by atoms with Crippen molar-refractivity contribution in [3.63, 3.8) is 0 Å². The molecule has 0 unspecified atom stereocenters. The van der Waals surface area contributed by atoms with E-state index in [1.54, 1.807) is 12.1 Å². The summed E-state index contributed by atoms with van der Waals surface area (Å²) in [7, 11) is 0. The molecule has 2 aromatic carbocycles. The van der Waals surface area contributed by atoms with E-state index in [4.69, 9.17) is 0 Å². The number of rotatable bonds is 5. The molecule has 0 saturated heterocycles. The number of fused-ring (bicyclic) bond motifs is 1. The topological polar surface area (TPSA) is 93.1 Å². The predicted molar refractivity (Wildman–Crippen MR) is 105 cm³/mol. The first-order valence-corrected chi connectivity index (χ1v) is 8.67. The van der Waals surface area contributed by atoms with E-state index in [-0.39, 0.29) is 30.1 Å². The van der Waals surface area contributed by atoms with Gasteiger partial charge in [-0.3, -0.25) is 19.0 Å². The number of nitrogens with one attached hydrogen (secondary N) is 2. The third kappa shape index (κ3) is 4.22. The number of amides is 2. The number of nitrogens with zero attached hydrogens (tertiary/aromatic N) is 2. The number of halogens is 1. The van der Waals surface area contributed by atoms with E-state index in [1.165, 1.54) is 30.0 Å². The smallest absolute Gasteiger partial charge is 0.261 e. The molecule has 0 atom stereocenters. The SMILES string of the molecule is CC(=O)Nc1cc(NC(=O)CCn2cnc3c(C)cccc3c2=O)ccc1F. The van der Waals surface area contributed by atoms with Crippen LogP contribution in [0, 0.1) is 12.7 Å². The number of hydrogen-bond acceptors (Lipinski definition) is 4. The Morgan fingerprint density at radius 1 is 1.18 bits per heavy atom. The molecule has 0 aliphatic carbocycles. The van der Waals surface area contributed by atoms with Crippen molar-refractivity contribution in [2.45, 2.75) is 26.8 Å². The zero-order chi connectivity index (χ0) is 20.3.